The number of para-hydroxylation sites is 1. The van der Waals surface area contributed by atoms with Crippen molar-refractivity contribution in [3.8, 4) is 11.4 Å². The molecule has 0 saturated carbocycles. The van der Waals surface area contributed by atoms with Crippen molar-refractivity contribution < 1.29 is 4.79 Å². The molecule has 1 amide bonds. The number of pyridine rings is 1. The fourth-order valence-corrected chi connectivity index (χ4v) is 4.02. The standard InChI is InChI=1S/C27H19Cl2N5O/c28-19-11-12-20-24(14-19)33-25(18-7-5-13-30-15-18)34-26(20)32-23-10-4-2-8-21(23)27(35)31-16-17-6-1-3-9-22(17)29/h1-15H,16H2,(H,31,35)(H,32,33,34). The molecule has 0 unspecified atom stereocenters. The third-order valence-corrected chi connectivity index (χ3v) is 6.00. The normalized spacial score (nSPS) is 10.8. The molecular weight excluding hydrogens is 481 g/mol. The van der Waals surface area contributed by atoms with Crippen LogP contribution in [0.2, 0.25) is 10.0 Å². The molecule has 0 fully saturated rings. The molecule has 2 heterocycles. The van der Waals surface area contributed by atoms with Gasteiger partial charge in [0.15, 0.2) is 5.82 Å². The first-order valence-corrected chi connectivity index (χ1v) is 11.6. The average Bonchev–Trinajstić information content (AvgIpc) is 2.88. The lowest BCUT2D eigenvalue weighted by atomic mass is 10.1. The summed E-state index contributed by atoms with van der Waals surface area (Å²) >= 11 is 12.5. The lowest BCUT2D eigenvalue weighted by molar-refractivity contribution is 0.0952. The molecule has 3 aromatic carbocycles. The SMILES string of the molecule is O=C(NCc1ccccc1Cl)c1ccccc1Nc1nc(-c2cccnc2)nc2cc(Cl)ccc12. The highest BCUT2D eigenvalue weighted by atomic mass is 35.5. The van der Waals surface area contributed by atoms with Crippen molar-refractivity contribution in [2.24, 2.45) is 0 Å². The molecule has 0 aliphatic rings. The molecule has 0 bridgehead atoms. The van der Waals surface area contributed by atoms with E-state index in [1.807, 2.05) is 54.6 Å². The van der Waals surface area contributed by atoms with Crippen LogP contribution in [0.3, 0.4) is 0 Å². The van der Waals surface area contributed by atoms with E-state index < -0.39 is 0 Å². The average molecular weight is 500 g/mol. The Bertz CT molecular complexity index is 1530. The lowest BCUT2D eigenvalue weighted by Crippen LogP contribution is -2.23. The number of hydrogen-bond acceptors (Lipinski definition) is 5. The highest BCUT2D eigenvalue weighted by Crippen LogP contribution is 2.30. The quantitative estimate of drug-likeness (QED) is 0.272. The summed E-state index contributed by atoms with van der Waals surface area (Å²) in [5.74, 6) is 0.815. The molecule has 6 nitrogen and oxygen atoms in total. The summed E-state index contributed by atoms with van der Waals surface area (Å²) in [5.41, 5.74) is 3.37. The maximum atomic E-state index is 13.1. The predicted octanol–water partition coefficient (Wildman–Crippen LogP) is 6.67. The Morgan fingerprint density at radius 3 is 2.54 bits per heavy atom. The van der Waals surface area contributed by atoms with Crippen LogP contribution in [-0.4, -0.2) is 20.9 Å². The van der Waals surface area contributed by atoms with Gasteiger partial charge in [-0.2, -0.15) is 0 Å². The highest BCUT2D eigenvalue weighted by molar-refractivity contribution is 6.31. The molecule has 0 spiro atoms. The number of fused-ring (bicyclic) bond motifs is 1. The van der Waals surface area contributed by atoms with Gasteiger partial charge in [-0.25, -0.2) is 9.97 Å². The zero-order chi connectivity index (χ0) is 24.2. The van der Waals surface area contributed by atoms with E-state index in [0.717, 1.165) is 16.5 Å². The molecular formula is C27H19Cl2N5O. The first kappa shape index (κ1) is 22.8. The van der Waals surface area contributed by atoms with Crippen LogP contribution in [0.25, 0.3) is 22.3 Å². The second-order valence-electron chi connectivity index (χ2n) is 7.74. The topological polar surface area (TPSA) is 79.8 Å². The summed E-state index contributed by atoms with van der Waals surface area (Å²) in [6, 6.07) is 23.8. The first-order chi connectivity index (χ1) is 17.1. The number of hydrogen-bond donors (Lipinski definition) is 2. The van der Waals surface area contributed by atoms with Crippen molar-refractivity contribution in [1.29, 1.82) is 0 Å². The number of carbonyl (C=O) groups is 1. The van der Waals surface area contributed by atoms with Crippen molar-refractivity contribution in [3.63, 3.8) is 0 Å². The van der Waals surface area contributed by atoms with Gasteiger partial charge in [-0.05, 0) is 54.1 Å². The van der Waals surface area contributed by atoms with E-state index in [1.165, 1.54) is 0 Å². The minimum atomic E-state index is -0.234. The number of carbonyl (C=O) groups excluding carboxylic acids is 1. The second-order valence-corrected chi connectivity index (χ2v) is 8.59. The molecule has 0 radical (unpaired) electrons. The molecule has 172 valence electrons. The minimum absolute atomic E-state index is 0.234. The molecule has 2 aromatic heterocycles. The van der Waals surface area contributed by atoms with Gasteiger partial charge in [0.2, 0.25) is 0 Å². The number of anilines is 2. The number of nitrogens with zero attached hydrogens (tertiary/aromatic N) is 3. The van der Waals surface area contributed by atoms with Crippen molar-refractivity contribution >= 4 is 51.5 Å². The fourth-order valence-electron chi connectivity index (χ4n) is 3.65. The third-order valence-electron chi connectivity index (χ3n) is 5.40. The summed E-state index contributed by atoms with van der Waals surface area (Å²) < 4.78 is 0. The maximum absolute atomic E-state index is 13.1. The fraction of sp³-hybridized carbons (Fsp3) is 0.0370. The highest BCUT2D eigenvalue weighted by Gasteiger charge is 2.15. The van der Waals surface area contributed by atoms with Gasteiger partial charge in [-0.15, -0.1) is 0 Å². The summed E-state index contributed by atoms with van der Waals surface area (Å²) in [4.78, 5) is 26.7. The molecule has 8 heteroatoms. The van der Waals surface area contributed by atoms with Crippen LogP contribution < -0.4 is 10.6 Å². The molecule has 2 N–H and O–H groups in total. The van der Waals surface area contributed by atoms with E-state index in [9.17, 15) is 4.79 Å². The van der Waals surface area contributed by atoms with Gasteiger partial charge < -0.3 is 10.6 Å². The third kappa shape index (κ3) is 5.09. The number of halogens is 2. The van der Waals surface area contributed by atoms with Gasteiger partial charge in [0.05, 0.1) is 16.8 Å². The van der Waals surface area contributed by atoms with Crippen molar-refractivity contribution in [2.75, 3.05) is 5.32 Å². The molecule has 0 aliphatic heterocycles. The zero-order valence-corrected chi connectivity index (χ0v) is 19.9. The van der Waals surface area contributed by atoms with Crippen LogP contribution in [-0.2, 0) is 6.54 Å². The smallest absolute Gasteiger partial charge is 0.253 e. The number of aromatic nitrogens is 3. The van der Waals surface area contributed by atoms with E-state index in [-0.39, 0.29) is 5.91 Å². The Balaban J connectivity index is 1.50. The molecule has 35 heavy (non-hydrogen) atoms. The van der Waals surface area contributed by atoms with Crippen molar-refractivity contribution in [2.45, 2.75) is 6.54 Å². The van der Waals surface area contributed by atoms with Crippen LogP contribution >= 0.6 is 23.2 Å². The Kier molecular flexibility index (Phi) is 6.57. The molecule has 0 saturated heterocycles. The van der Waals surface area contributed by atoms with E-state index >= 15 is 0 Å². The van der Waals surface area contributed by atoms with Gasteiger partial charge in [-0.1, -0.05) is 53.5 Å². The molecule has 0 aliphatic carbocycles. The van der Waals surface area contributed by atoms with Crippen LogP contribution in [0.1, 0.15) is 15.9 Å². The number of nitrogens with one attached hydrogen (secondary N) is 2. The van der Waals surface area contributed by atoms with Gasteiger partial charge in [-0.3, -0.25) is 9.78 Å². The summed E-state index contributed by atoms with van der Waals surface area (Å²) in [7, 11) is 0. The van der Waals surface area contributed by atoms with E-state index in [2.05, 4.69) is 20.6 Å². The minimum Gasteiger partial charge on any atom is -0.348 e. The molecule has 5 aromatic rings. The van der Waals surface area contributed by atoms with Gasteiger partial charge in [0, 0.05) is 39.9 Å². The number of benzene rings is 3. The predicted molar refractivity (Wildman–Crippen MR) is 140 cm³/mol. The second kappa shape index (κ2) is 10.1. The van der Waals surface area contributed by atoms with Gasteiger partial charge >= 0.3 is 0 Å². The van der Waals surface area contributed by atoms with Crippen LogP contribution in [0.4, 0.5) is 11.5 Å². The number of rotatable bonds is 6. The zero-order valence-electron chi connectivity index (χ0n) is 18.4. The van der Waals surface area contributed by atoms with E-state index in [0.29, 0.717) is 45.0 Å². The van der Waals surface area contributed by atoms with Gasteiger partial charge in [0.1, 0.15) is 5.82 Å². The summed E-state index contributed by atoms with van der Waals surface area (Å²) in [6.45, 7) is 0.312. The Morgan fingerprint density at radius 2 is 1.71 bits per heavy atom. The number of amides is 1. The van der Waals surface area contributed by atoms with Crippen molar-refractivity contribution in [3.05, 3.63) is 112 Å². The summed E-state index contributed by atoms with van der Waals surface area (Å²) in [5, 5.41) is 8.22. The monoisotopic (exact) mass is 499 g/mol. The first-order valence-electron chi connectivity index (χ1n) is 10.8. The largest absolute Gasteiger partial charge is 0.348 e. The van der Waals surface area contributed by atoms with E-state index in [1.54, 1.807) is 36.7 Å². The molecule has 5 rings (SSSR count). The van der Waals surface area contributed by atoms with E-state index in [4.69, 9.17) is 28.2 Å². The van der Waals surface area contributed by atoms with Crippen LogP contribution in [0.5, 0.6) is 0 Å². The Labute approximate surface area is 212 Å². The van der Waals surface area contributed by atoms with Gasteiger partial charge in [0.25, 0.3) is 5.91 Å². The summed E-state index contributed by atoms with van der Waals surface area (Å²) in [6.07, 6.45) is 3.39. The van der Waals surface area contributed by atoms with Crippen LogP contribution in [0, 0.1) is 0 Å². The van der Waals surface area contributed by atoms with Crippen molar-refractivity contribution in [1.82, 2.24) is 20.3 Å². The van der Waals surface area contributed by atoms with Crippen LogP contribution in [0.15, 0.2) is 91.3 Å². The Hall–Kier alpha value is -4.00. The lowest BCUT2D eigenvalue weighted by Gasteiger charge is -2.15. The maximum Gasteiger partial charge on any atom is 0.253 e. The Morgan fingerprint density at radius 1 is 0.886 bits per heavy atom. The molecule has 0 atom stereocenters.